The Morgan fingerprint density at radius 1 is 1.57 bits per heavy atom. The van der Waals surface area contributed by atoms with E-state index < -0.39 is 0 Å². The minimum atomic E-state index is -0.261. The molecule has 0 aliphatic heterocycles. The number of terminal acetylenes is 1. The topological polar surface area (TPSA) is 45.8 Å². The average Bonchev–Trinajstić information content (AvgIpc) is 2.18. The van der Waals surface area contributed by atoms with Crippen molar-refractivity contribution >= 4 is 0 Å². The highest BCUT2D eigenvalue weighted by Gasteiger charge is 2.04. The van der Waals surface area contributed by atoms with Crippen molar-refractivity contribution < 1.29 is 0 Å². The predicted molar refractivity (Wildman–Crippen MR) is 53.6 cm³/mol. The minimum Gasteiger partial charge on any atom is -0.311 e. The monoisotopic (exact) mass is 186 g/mol. The number of aryl methyl sites for hydroxylation is 1. The molecular weight excluding hydrogens is 176 g/mol. The van der Waals surface area contributed by atoms with Gasteiger partial charge in [0.25, 0.3) is 5.56 Å². The summed E-state index contributed by atoms with van der Waals surface area (Å²) in [6.45, 7) is 2.29. The van der Waals surface area contributed by atoms with E-state index >= 15 is 0 Å². The van der Waals surface area contributed by atoms with Gasteiger partial charge in [-0.15, -0.1) is 12.3 Å². The van der Waals surface area contributed by atoms with Crippen LogP contribution in [0, 0.1) is 30.6 Å². The predicted octanol–water partition coefficient (Wildman–Crippen LogP) is 1.05. The van der Waals surface area contributed by atoms with Gasteiger partial charge in [0.05, 0.1) is 0 Å². The molecule has 1 aromatic rings. The van der Waals surface area contributed by atoms with Crippen LogP contribution in [0.3, 0.4) is 0 Å². The Labute approximate surface area is 82.6 Å². The minimum absolute atomic E-state index is 0.160. The lowest BCUT2D eigenvalue weighted by Gasteiger charge is -2.07. The van der Waals surface area contributed by atoms with Crippen LogP contribution in [0.25, 0.3) is 0 Å². The number of pyridine rings is 1. The lowest BCUT2D eigenvalue weighted by atomic mass is 10.2. The molecule has 14 heavy (non-hydrogen) atoms. The zero-order valence-corrected chi connectivity index (χ0v) is 7.95. The van der Waals surface area contributed by atoms with Crippen molar-refractivity contribution in [3.63, 3.8) is 0 Å². The van der Waals surface area contributed by atoms with E-state index in [1.165, 1.54) is 10.6 Å². The molecule has 0 radical (unpaired) electrons. The zero-order valence-electron chi connectivity index (χ0n) is 7.95. The molecule has 1 heterocycles. The third-order valence-electron chi connectivity index (χ3n) is 1.99. The van der Waals surface area contributed by atoms with Gasteiger partial charge in [0.2, 0.25) is 0 Å². The highest BCUT2D eigenvalue weighted by molar-refractivity contribution is 5.27. The molecule has 0 saturated heterocycles. The first-order valence-electron chi connectivity index (χ1n) is 4.24. The fourth-order valence-electron chi connectivity index (χ4n) is 1.21. The van der Waals surface area contributed by atoms with E-state index in [9.17, 15) is 4.79 Å². The lowest BCUT2D eigenvalue weighted by Crippen LogP contribution is -2.24. The third kappa shape index (κ3) is 1.84. The van der Waals surface area contributed by atoms with Crippen LogP contribution in [-0.2, 0) is 6.54 Å². The first-order valence-corrected chi connectivity index (χ1v) is 4.24. The number of hydrogen-bond donors (Lipinski definition) is 0. The van der Waals surface area contributed by atoms with Crippen molar-refractivity contribution in [3.8, 4) is 18.4 Å². The van der Waals surface area contributed by atoms with Gasteiger partial charge in [0.1, 0.15) is 11.6 Å². The molecule has 0 aliphatic carbocycles. The van der Waals surface area contributed by atoms with Crippen molar-refractivity contribution in [3.05, 3.63) is 33.7 Å². The molecule has 0 aliphatic rings. The highest BCUT2D eigenvalue weighted by atomic mass is 16.1. The van der Waals surface area contributed by atoms with Gasteiger partial charge in [-0.2, -0.15) is 5.26 Å². The Bertz CT molecular complexity index is 472. The van der Waals surface area contributed by atoms with Gasteiger partial charge < -0.3 is 4.57 Å². The van der Waals surface area contributed by atoms with Crippen LogP contribution in [0.1, 0.15) is 17.7 Å². The van der Waals surface area contributed by atoms with Crippen LogP contribution in [0.15, 0.2) is 16.9 Å². The van der Waals surface area contributed by atoms with E-state index in [0.29, 0.717) is 13.0 Å². The molecule has 0 N–H and O–H groups in total. The Balaban J connectivity index is 3.22. The second-order valence-electron chi connectivity index (χ2n) is 2.91. The third-order valence-corrected chi connectivity index (χ3v) is 1.99. The van der Waals surface area contributed by atoms with Crippen molar-refractivity contribution in [2.45, 2.75) is 19.9 Å². The van der Waals surface area contributed by atoms with Gasteiger partial charge in [-0.05, 0) is 19.1 Å². The van der Waals surface area contributed by atoms with Gasteiger partial charge in [-0.25, -0.2) is 0 Å². The van der Waals surface area contributed by atoms with E-state index in [1.807, 2.05) is 13.0 Å². The van der Waals surface area contributed by atoms with Gasteiger partial charge in [-0.3, -0.25) is 4.79 Å². The molecule has 0 unspecified atom stereocenters. The Hall–Kier alpha value is -2.00. The summed E-state index contributed by atoms with van der Waals surface area (Å²) in [6, 6.07) is 5.13. The molecule has 0 spiro atoms. The first-order chi connectivity index (χ1) is 6.70. The maximum atomic E-state index is 11.6. The summed E-state index contributed by atoms with van der Waals surface area (Å²) in [5, 5.41) is 8.66. The zero-order chi connectivity index (χ0) is 10.6. The molecule has 70 valence electrons. The van der Waals surface area contributed by atoms with Crippen LogP contribution in [0.5, 0.6) is 0 Å². The summed E-state index contributed by atoms with van der Waals surface area (Å²) in [4.78, 5) is 11.6. The Morgan fingerprint density at radius 2 is 2.29 bits per heavy atom. The normalized spacial score (nSPS) is 9.07. The molecule has 0 aromatic carbocycles. The van der Waals surface area contributed by atoms with Crippen LogP contribution >= 0.6 is 0 Å². The van der Waals surface area contributed by atoms with Crippen molar-refractivity contribution in [2.75, 3.05) is 0 Å². The van der Waals surface area contributed by atoms with E-state index in [4.69, 9.17) is 11.7 Å². The van der Waals surface area contributed by atoms with Gasteiger partial charge in [0, 0.05) is 18.7 Å². The Morgan fingerprint density at radius 3 is 2.86 bits per heavy atom. The first kappa shape index (κ1) is 10.1. The van der Waals surface area contributed by atoms with Crippen LogP contribution in [-0.4, -0.2) is 4.57 Å². The second-order valence-corrected chi connectivity index (χ2v) is 2.91. The molecule has 0 fully saturated rings. The summed E-state index contributed by atoms with van der Waals surface area (Å²) >= 11 is 0. The second kappa shape index (κ2) is 4.30. The largest absolute Gasteiger partial charge is 0.311 e. The molecule has 0 bridgehead atoms. The number of aromatic nitrogens is 1. The standard InChI is InChI=1S/C11H10N2O/c1-3-4-7-13-9(2)5-6-10(8-12)11(13)14/h1,5-6H,4,7H2,2H3. The summed E-state index contributed by atoms with van der Waals surface area (Å²) in [5.74, 6) is 2.47. The lowest BCUT2D eigenvalue weighted by molar-refractivity contribution is 0.665. The van der Waals surface area contributed by atoms with E-state index in [0.717, 1.165) is 5.69 Å². The van der Waals surface area contributed by atoms with Crippen molar-refractivity contribution in [2.24, 2.45) is 0 Å². The number of hydrogen-bond acceptors (Lipinski definition) is 2. The number of nitriles is 1. The Kier molecular flexibility index (Phi) is 3.09. The van der Waals surface area contributed by atoms with Crippen molar-refractivity contribution in [1.29, 1.82) is 5.26 Å². The highest BCUT2D eigenvalue weighted by Crippen LogP contribution is 1.98. The summed E-state index contributed by atoms with van der Waals surface area (Å²) in [7, 11) is 0. The molecule has 3 heteroatoms. The van der Waals surface area contributed by atoms with E-state index in [-0.39, 0.29) is 11.1 Å². The van der Waals surface area contributed by atoms with Crippen LogP contribution in [0.2, 0.25) is 0 Å². The number of rotatable bonds is 2. The maximum Gasteiger partial charge on any atom is 0.268 e. The van der Waals surface area contributed by atoms with Gasteiger partial charge in [0.15, 0.2) is 0 Å². The molecule has 0 atom stereocenters. The SMILES string of the molecule is C#CCCn1c(C)ccc(C#N)c1=O. The molecule has 1 rings (SSSR count). The summed E-state index contributed by atoms with van der Waals surface area (Å²) in [6.07, 6.45) is 5.61. The molecular formula is C11H10N2O. The summed E-state index contributed by atoms with van der Waals surface area (Å²) in [5.41, 5.74) is 0.722. The van der Waals surface area contributed by atoms with Crippen LogP contribution < -0.4 is 5.56 Å². The fourth-order valence-corrected chi connectivity index (χ4v) is 1.21. The maximum absolute atomic E-state index is 11.6. The van der Waals surface area contributed by atoms with Gasteiger partial charge in [-0.1, -0.05) is 0 Å². The molecule has 0 amide bonds. The molecule has 3 nitrogen and oxygen atoms in total. The van der Waals surface area contributed by atoms with Crippen molar-refractivity contribution in [1.82, 2.24) is 4.57 Å². The molecule has 0 saturated carbocycles. The number of nitrogens with zero attached hydrogens (tertiary/aromatic N) is 2. The van der Waals surface area contributed by atoms with E-state index in [2.05, 4.69) is 5.92 Å². The quantitative estimate of drug-likeness (QED) is 0.648. The molecule has 1 aromatic heterocycles. The average molecular weight is 186 g/mol. The smallest absolute Gasteiger partial charge is 0.268 e. The van der Waals surface area contributed by atoms with E-state index in [1.54, 1.807) is 6.07 Å². The van der Waals surface area contributed by atoms with Crippen LogP contribution in [0.4, 0.5) is 0 Å². The van der Waals surface area contributed by atoms with Gasteiger partial charge >= 0.3 is 0 Å². The fraction of sp³-hybridized carbons (Fsp3) is 0.273. The summed E-state index contributed by atoms with van der Waals surface area (Å²) < 4.78 is 1.53.